The van der Waals surface area contributed by atoms with Crippen molar-refractivity contribution in [3.63, 3.8) is 0 Å². The summed E-state index contributed by atoms with van der Waals surface area (Å²) in [5.74, 6) is 1.85. The fourth-order valence-electron chi connectivity index (χ4n) is 3.16. The molecular formula is C18H18BrN3O2. The Morgan fingerprint density at radius 1 is 1.21 bits per heavy atom. The summed E-state index contributed by atoms with van der Waals surface area (Å²) in [4.78, 5) is 12.7. The Balaban J connectivity index is 0.00000169. The molecule has 5 nitrogen and oxygen atoms in total. The molecule has 0 saturated heterocycles. The molecule has 1 aliphatic heterocycles. The number of halogens is 1. The van der Waals surface area contributed by atoms with Crippen LogP contribution >= 0.6 is 0 Å². The molecule has 0 atom stereocenters. The second-order valence-corrected chi connectivity index (χ2v) is 5.63. The van der Waals surface area contributed by atoms with Gasteiger partial charge in [-0.15, -0.1) is 0 Å². The largest absolute Gasteiger partial charge is 1.00 e. The molecule has 0 spiro atoms. The molecule has 2 aromatic carbocycles. The number of carbonyl (C=O) groups excluding carboxylic acids is 1. The van der Waals surface area contributed by atoms with Gasteiger partial charge in [-0.3, -0.25) is 10.1 Å². The van der Waals surface area contributed by atoms with Crippen LogP contribution in [0.4, 0.5) is 5.95 Å². The van der Waals surface area contributed by atoms with Crippen molar-refractivity contribution >= 4 is 22.8 Å². The standard InChI is InChI=1S/C18H17N3O2.BrH/c1-23-14-8-6-13(7-9-14)17(22)12-21-16-5-3-2-4-15(16)20-11-10-19-18(20)21;/h2-9H,10-12H2,1H3;1H. The first-order valence-corrected chi connectivity index (χ1v) is 7.70. The van der Waals surface area contributed by atoms with Gasteiger partial charge < -0.3 is 21.7 Å². The Labute approximate surface area is 150 Å². The first-order chi connectivity index (χ1) is 11.3. The number of hydrogen-bond donors (Lipinski definition) is 1. The van der Waals surface area contributed by atoms with Gasteiger partial charge in [0.1, 0.15) is 29.9 Å². The van der Waals surface area contributed by atoms with E-state index in [1.54, 1.807) is 7.11 Å². The Hall–Kier alpha value is -2.34. The summed E-state index contributed by atoms with van der Waals surface area (Å²) in [5.41, 5.74) is 2.94. The first kappa shape index (κ1) is 16.5. The van der Waals surface area contributed by atoms with Crippen LogP contribution in [-0.4, -0.2) is 24.0 Å². The third-order valence-corrected chi connectivity index (χ3v) is 4.31. The Morgan fingerprint density at radius 3 is 2.71 bits per heavy atom. The predicted molar refractivity (Wildman–Crippen MR) is 87.9 cm³/mol. The lowest BCUT2D eigenvalue weighted by Crippen LogP contribution is -3.00. The lowest BCUT2D eigenvalue weighted by molar-refractivity contribution is -0.644. The van der Waals surface area contributed by atoms with Crippen LogP contribution in [0.1, 0.15) is 10.4 Å². The topological polar surface area (TPSA) is 47.1 Å². The number of nitrogens with one attached hydrogen (secondary N) is 1. The van der Waals surface area contributed by atoms with E-state index >= 15 is 0 Å². The molecule has 0 radical (unpaired) electrons. The van der Waals surface area contributed by atoms with Crippen molar-refractivity contribution in [1.82, 2.24) is 4.57 Å². The minimum absolute atomic E-state index is 0. The predicted octanol–water partition coefficient (Wildman–Crippen LogP) is -0.750. The van der Waals surface area contributed by atoms with Crippen molar-refractivity contribution in [3.8, 4) is 5.75 Å². The van der Waals surface area contributed by atoms with Crippen LogP contribution in [0.15, 0.2) is 48.5 Å². The fourth-order valence-corrected chi connectivity index (χ4v) is 3.16. The molecule has 1 aromatic heterocycles. The molecule has 6 heteroatoms. The third kappa shape index (κ3) is 2.67. The smallest absolute Gasteiger partial charge is 0.359 e. The molecule has 4 rings (SSSR count). The Bertz CT molecular complexity index is 887. The highest BCUT2D eigenvalue weighted by Gasteiger charge is 2.29. The molecule has 0 amide bonds. The Morgan fingerprint density at radius 2 is 1.96 bits per heavy atom. The summed E-state index contributed by atoms with van der Waals surface area (Å²) >= 11 is 0. The maximum absolute atomic E-state index is 12.7. The normalized spacial score (nSPS) is 12.4. The number of imidazole rings is 1. The number of Topliss-reactive ketones (excluding diaryl/α,β-unsaturated/α-hetero) is 1. The van der Waals surface area contributed by atoms with Gasteiger partial charge in [-0.2, -0.15) is 0 Å². The molecule has 2 heterocycles. The summed E-state index contributed by atoms with van der Waals surface area (Å²) < 4.78 is 9.44. The fraction of sp³-hybridized carbons (Fsp3) is 0.222. The second kappa shape index (κ2) is 6.65. The molecule has 0 unspecified atom stereocenters. The summed E-state index contributed by atoms with van der Waals surface area (Å²) in [6, 6.07) is 15.5. The van der Waals surface area contributed by atoms with Crippen molar-refractivity contribution in [2.45, 2.75) is 13.1 Å². The lowest BCUT2D eigenvalue weighted by Gasteiger charge is -2.04. The summed E-state index contributed by atoms with van der Waals surface area (Å²) in [7, 11) is 1.62. The zero-order valence-corrected chi connectivity index (χ0v) is 14.9. The quantitative estimate of drug-likeness (QED) is 0.473. The van der Waals surface area contributed by atoms with Gasteiger partial charge in [-0.1, -0.05) is 12.1 Å². The zero-order chi connectivity index (χ0) is 15.8. The SMILES string of the molecule is COc1ccc(C(=O)Cn2c3[n+](c4ccccc42)CCN3)cc1.[Br-]. The van der Waals surface area contributed by atoms with E-state index in [0.717, 1.165) is 35.8 Å². The highest BCUT2D eigenvalue weighted by Crippen LogP contribution is 2.21. The molecule has 1 N–H and O–H groups in total. The van der Waals surface area contributed by atoms with Crippen LogP contribution in [0.25, 0.3) is 11.0 Å². The average molecular weight is 388 g/mol. The van der Waals surface area contributed by atoms with Gasteiger partial charge in [-0.05, 0) is 36.4 Å². The minimum atomic E-state index is 0. The van der Waals surface area contributed by atoms with Crippen LogP contribution in [0.3, 0.4) is 0 Å². The first-order valence-electron chi connectivity index (χ1n) is 7.70. The number of hydrogen-bond acceptors (Lipinski definition) is 3. The number of carbonyl (C=O) groups is 1. The van der Waals surface area contributed by atoms with Crippen LogP contribution in [0.5, 0.6) is 5.75 Å². The number of anilines is 1. The van der Waals surface area contributed by atoms with E-state index in [9.17, 15) is 4.79 Å². The van der Waals surface area contributed by atoms with Gasteiger partial charge in [0.25, 0.3) is 0 Å². The van der Waals surface area contributed by atoms with Crippen LogP contribution in [0.2, 0.25) is 0 Å². The van der Waals surface area contributed by atoms with Gasteiger partial charge in [0.05, 0.1) is 13.7 Å². The van der Waals surface area contributed by atoms with E-state index in [2.05, 4.69) is 26.6 Å². The number of nitrogens with zero attached hydrogens (tertiary/aromatic N) is 2. The molecule has 24 heavy (non-hydrogen) atoms. The molecule has 0 fully saturated rings. The molecule has 0 aliphatic carbocycles. The summed E-state index contributed by atoms with van der Waals surface area (Å²) in [6.45, 7) is 2.15. The summed E-state index contributed by atoms with van der Waals surface area (Å²) in [5, 5.41) is 3.39. The van der Waals surface area contributed by atoms with Gasteiger partial charge in [0.15, 0.2) is 5.78 Å². The van der Waals surface area contributed by atoms with Gasteiger partial charge in [-0.25, -0.2) is 9.13 Å². The highest BCUT2D eigenvalue weighted by atomic mass is 79.9. The minimum Gasteiger partial charge on any atom is -1.00 e. The van der Waals surface area contributed by atoms with Gasteiger partial charge in [0.2, 0.25) is 0 Å². The van der Waals surface area contributed by atoms with Crippen molar-refractivity contribution in [3.05, 3.63) is 54.1 Å². The Kier molecular flexibility index (Phi) is 4.57. The third-order valence-electron chi connectivity index (χ3n) is 4.31. The highest BCUT2D eigenvalue weighted by molar-refractivity contribution is 5.97. The van der Waals surface area contributed by atoms with E-state index in [0.29, 0.717) is 12.1 Å². The average Bonchev–Trinajstić information content (AvgIpc) is 3.18. The number of methoxy groups -OCH3 is 1. The number of ether oxygens (including phenoxy) is 1. The number of rotatable bonds is 4. The number of ketones is 1. The molecule has 0 bridgehead atoms. The monoisotopic (exact) mass is 387 g/mol. The van der Waals surface area contributed by atoms with Crippen LogP contribution < -0.4 is 31.6 Å². The van der Waals surface area contributed by atoms with Crippen LogP contribution in [0, 0.1) is 0 Å². The second-order valence-electron chi connectivity index (χ2n) is 5.63. The number of para-hydroxylation sites is 2. The van der Waals surface area contributed by atoms with E-state index in [1.807, 2.05) is 36.4 Å². The van der Waals surface area contributed by atoms with E-state index in [-0.39, 0.29) is 22.8 Å². The van der Waals surface area contributed by atoms with Gasteiger partial charge >= 0.3 is 5.95 Å². The lowest BCUT2D eigenvalue weighted by atomic mass is 10.1. The maximum Gasteiger partial charge on any atom is 0.359 e. The number of aromatic nitrogens is 2. The van der Waals surface area contributed by atoms with E-state index in [1.165, 1.54) is 0 Å². The van der Waals surface area contributed by atoms with Gasteiger partial charge in [0, 0.05) is 5.56 Å². The molecule has 3 aromatic rings. The number of benzene rings is 2. The molecule has 124 valence electrons. The van der Waals surface area contributed by atoms with E-state index < -0.39 is 0 Å². The molecule has 1 aliphatic rings. The molecular weight excluding hydrogens is 370 g/mol. The maximum atomic E-state index is 12.7. The number of fused-ring (bicyclic) bond motifs is 3. The van der Waals surface area contributed by atoms with Crippen molar-refractivity contribution in [2.75, 3.05) is 19.0 Å². The zero-order valence-electron chi connectivity index (χ0n) is 13.3. The van der Waals surface area contributed by atoms with E-state index in [4.69, 9.17) is 4.74 Å². The summed E-state index contributed by atoms with van der Waals surface area (Å²) in [6.07, 6.45) is 0. The molecule has 0 saturated carbocycles. The van der Waals surface area contributed by atoms with Crippen molar-refractivity contribution in [2.24, 2.45) is 0 Å². The van der Waals surface area contributed by atoms with Crippen LogP contribution in [-0.2, 0) is 13.1 Å². The van der Waals surface area contributed by atoms with Crippen molar-refractivity contribution in [1.29, 1.82) is 0 Å². The van der Waals surface area contributed by atoms with Crippen molar-refractivity contribution < 1.29 is 31.1 Å².